The quantitative estimate of drug-likeness (QED) is 0.0540. The molecule has 1 fully saturated rings. The van der Waals surface area contributed by atoms with Crippen LogP contribution in [0.1, 0.15) is 180 Å². The topological polar surface area (TPSA) is 57.2 Å². The highest BCUT2D eigenvalue weighted by Crippen LogP contribution is 2.36. The molecule has 1 aliphatic carbocycles. The van der Waals surface area contributed by atoms with Gasteiger partial charge >= 0.3 is 0 Å². The van der Waals surface area contributed by atoms with Gasteiger partial charge in [-0.1, -0.05) is 229 Å². The average molecular weight is 1040 g/mol. The van der Waals surface area contributed by atoms with Crippen LogP contribution < -0.4 is 10.5 Å². The maximum absolute atomic E-state index is 5.05. The third-order valence-electron chi connectivity index (χ3n) is 16.2. The Morgan fingerprint density at radius 1 is 0.513 bits per heavy atom. The Morgan fingerprint density at radius 3 is 1.34 bits per heavy atom. The maximum atomic E-state index is 5.05. The van der Waals surface area contributed by atoms with Gasteiger partial charge in [0.25, 0.3) is 0 Å². The summed E-state index contributed by atoms with van der Waals surface area (Å²) in [7, 11) is 7.42. The van der Waals surface area contributed by atoms with Crippen molar-refractivity contribution >= 4 is 13.3 Å². The van der Waals surface area contributed by atoms with E-state index in [0.717, 1.165) is 41.4 Å². The number of pyridine rings is 3. The molecule has 412 valence electrons. The minimum absolute atomic E-state index is 0.180. The van der Waals surface area contributed by atoms with Gasteiger partial charge in [0.2, 0.25) is 0 Å². The van der Waals surface area contributed by atoms with E-state index >= 15 is 0 Å². The Morgan fingerprint density at radius 2 is 0.934 bits per heavy atom. The molecule has 0 bridgehead atoms. The van der Waals surface area contributed by atoms with Crippen LogP contribution in [0, 0.1) is 17.8 Å². The molecule has 6 nitrogen and oxygen atoms in total. The molecule has 3 aromatic heterocycles. The van der Waals surface area contributed by atoms with Gasteiger partial charge in [-0.25, -0.2) is 0 Å². The summed E-state index contributed by atoms with van der Waals surface area (Å²) in [6, 6.07) is 49.1. The molecular formula is C69H102N6Si. The van der Waals surface area contributed by atoms with Gasteiger partial charge in [0.1, 0.15) is 0 Å². The molecule has 0 saturated heterocycles. The summed E-state index contributed by atoms with van der Waals surface area (Å²) in [5.74, 6) is 2.23. The van der Waals surface area contributed by atoms with Gasteiger partial charge in [0.05, 0.1) is 60.4 Å². The first-order valence-corrected chi connectivity index (χ1v) is 33.1. The molecule has 3 atom stereocenters. The molecule has 0 spiro atoms. The summed E-state index contributed by atoms with van der Waals surface area (Å²) < 4.78 is 0. The van der Waals surface area contributed by atoms with E-state index in [0.29, 0.717) is 18.1 Å². The van der Waals surface area contributed by atoms with Crippen LogP contribution in [0.25, 0.3) is 33.8 Å². The van der Waals surface area contributed by atoms with E-state index in [1.54, 1.807) is 0 Å². The van der Waals surface area contributed by atoms with E-state index in [9.17, 15) is 0 Å². The van der Waals surface area contributed by atoms with E-state index in [4.69, 9.17) is 15.0 Å². The molecule has 0 aliphatic heterocycles. The molecule has 76 heavy (non-hydrogen) atoms. The highest BCUT2D eigenvalue weighted by Gasteiger charge is 2.27. The first-order chi connectivity index (χ1) is 36.4. The first kappa shape index (κ1) is 62.1. The number of benzene rings is 3. The molecule has 6 aromatic rings. The van der Waals surface area contributed by atoms with E-state index in [2.05, 4.69) is 252 Å². The van der Waals surface area contributed by atoms with Crippen LogP contribution >= 0.6 is 0 Å². The third-order valence-corrected chi connectivity index (χ3v) is 18.2. The van der Waals surface area contributed by atoms with Crippen molar-refractivity contribution < 1.29 is 0 Å². The SMILES string of the molecule is CCC(CC)CC(c1cccc(-c2ccc(C(C)(C)C)cc2)n1)N(C)C.CCC(CC)CC(c1cccc(-c2ccc([Si](C)(C)C)cc2)n1)N(C)C.CCCCNC(c1cccc(-c2ccccc2)n1)C1CCCCC1. The lowest BCUT2D eigenvalue weighted by Gasteiger charge is -2.31. The van der Waals surface area contributed by atoms with Gasteiger partial charge in [0.15, 0.2) is 0 Å². The smallest absolute Gasteiger partial charge is 0.0775 e. The lowest BCUT2D eigenvalue weighted by molar-refractivity contribution is 0.236. The van der Waals surface area contributed by atoms with Gasteiger partial charge in [-0.3, -0.25) is 15.0 Å². The van der Waals surface area contributed by atoms with Crippen LogP contribution in [0.4, 0.5) is 0 Å². The molecule has 7 heteroatoms. The molecule has 1 N–H and O–H groups in total. The van der Waals surface area contributed by atoms with Crippen LogP contribution in [0.3, 0.4) is 0 Å². The number of hydrogen-bond acceptors (Lipinski definition) is 6. The lowest BCUT2D eigenvalue weighted by Crippen LogP contribution is -2.37. The number of hydrogen-bond donors (Lipinski definition) is 1. The zero-order chi connectivity index (χ0) is 55.3. The van der Waals surface area contributed by atoms with Gasteiger partial charge in [-0.05, 0) is 132 Å². The fourth-order valence-corrected chi connectivity index (χ4v) is 11.9. The second-order valence-corrected chi connectivity index (χ2v) is 29.4. The van der Waals surface area contributed by atoms with Gasteiger partial charge in [0, 0.05) is 16.7 Å². The summed E-state index contributed by atoms with van der Waals surface area (Å²) in [5, 5.41) is 5.32. The van der Waals surface area contributed by atoms with Crippen LogP contribution in [-0.2, 0) is 5.41 Å². The normalized spacial score (nSPS) is 14.5. The largest absolute Gasteiger partial charge is 0.308 e. The second kappa shape index (κ2) is 31.0. The third kappa shape index (κ3) is 19.0. The number of nitrogens with zero attached hydrogens (tertiary/aromatic N) is 5. The number of unbranched alkanes of at least 4 members (excludes halogenated alkanes) is 1. The fraction of sp³-hybridized carbons (Fsp3) is 0.522. The molecule has 3 unspecified atom stereocenters. The summed E-state index contributed by atoms with van der Waals surface area (Å²) >= 11 is 0. The van der Waals surface area contributed by atoms with Crippen molar-refractivity contribution in [2.75, 3.05) is 34.7 Å². The molecule has 7 rings (SSSR count). The van der Waals surface area contributed by atoms with E-state index in [-0.39, 0.29) is 5.41 Å². The Labute approximate surface area is 465 Å². The Bertz CT molecular complexity index is 2400. The predicted octanol–water partition coefficient (Wildman–Crippen LogP) is 18.0. The van der Waals surface area contributed by atoms with Crippen LogP contribution in [0.15, 0.2) is 133 Å². The second-order valence-electron chi connectivity index (χ2n) is 24.3. The summed E-state index contributed by atoms with van der Waals surface area (Å²) in [6.07, 6.45) is 16.6. The summed E-state index contributed by atoms with van der Waals surface area (Å²) in [5.41, 5.74) is 12.0. The zero-order valence-electron chi connectivity index (χ0n) is 50.3. The van der Waals surface area contributed by atoms with Gasteiger partial charge < -0.3 is 15.1 Å². The van der Waals surface area contributed by atoms with Crippen molar-refractivity contribution in [1.29, 1.82) is 0 Å². The minimum Gasteiger partial charge on any atom is -0.308 e. The van der Waals surface area contributed by atoms with Crippen molar-refractivity contribution in [1.82, 2.24) is 30.1 Å². The first-order valence-electron chi connectivity index (χ1n) is 29.6. The number of aromatic nitrogens is 3. The van der Waals surface area contributed by atoms with E-state index < -0.39 is 8.07 Å². The van der Waals surface area contributed by atoms with Crippen LogP contribution in [0.5, 0.6) is 0 Å². The Hall–Kier alpha value is -4.79. The van der Waals surface area contributed by atoms with E-state index in [1.165, 1.54) is 128 Å². The molecule has 0 radical (unpaired) electrons. The molecule has 3 heterocycles. The maximum Gasteiger partial charge on any atom is 0.0775 e. The Kier molecular flexibility index (Phi) is 25.3. The fourth-order valence-electron chi connectivity index (χ4n) is 10.8. The van der Waals surface area contributed by atoms with Gasteiger partial charge in [-0.15, -0.1) is 0 Å². The Balaban J connectivity index is 0.000000211. The van der Waals surface area contributed by atoms with E-state index in [1.807, 2.05) is 0 Å². The van der Waals surface area contributed by atoms with Crippen LogP contribution in [-0.4, -0.2) is 67.6 Å². The van der Waals surface area contributed by atoms with Crippen molar-refractivity contribution in [2.24, 2.45) is 17.8 Å². The minimum atomic E-state index is -1.25. The average Bonchev–Trinajstić information content (AvgIpc) is 3.43. The van der Waals surface area contributed by atoms with Crippen LogP contribution in [0.2, 0.25) is 19.6 Å². The summed E-state index contributed by atoms with van der Waals surface area (Å²) in [4.78, 5) is 19.7. The predicted molar refractivity (Wildman–Crippen MR) is 333 cm³/mol. The molecule has 1 saturated carbocycles. The zero-order valence-corrected chi connectivity index (χ0v) is 51.3. The van der Waals surface area contributed by atoms with Crippen molar-refractivity contribution in [3.8, 4) is 33.8 Å². The molecule has 1 aliphatic rings. The molecule has 0 amide bonds. The van der Waals surface area contributed by atoms with Crippen molar-refractivity contribution in [3.05, 3.63) is 156 Å². The van der Waals surface area contributed by atoms with Crippen molar-refractivity contribution in [3.63, 3.8) is 0 Å². The number of nitrogens with one attached hydrogen (secondary N) is 1. The highest BCUT2D eigenvalue weighted by molar-refractivity contribution is 6.88. The number of rotatable bonds is 22. The van der Waals surface area contributed by atoms with Crippen molar-refractivity contribution in [2.45, 2.75) is 182 Å². The molecular weight excluding hydrogens is 941 g/mol. The standard InChI is InChI=1S/C24H36N2.C23H36N2Si.C22H30N2/c1-8-18(9-2)17-23(26(6)7)22-12-10-11-21(25-22)19-13-15-20(16-14-19)24(3,4)5;1-8-18(9-2)17-23(25(3)4)22-12-10-11-21(24-22)19-13-15-20(16-14-19)26(5,6)7;1-2-3-17-23-22(19-13-8-5-9-14-19)21-16-10-15-20(24-21)18-11-6-4-7-12-18/h2*10-16,18,23H,8-9,17H2,1-7H3;4,6-7,10-12,15-16,19,22-23H,2-3,5,8-9,13-14,17H2,1H3. The lowest BCUT2D eigenvalue weighted by atomic mass is 9.82. The summed E-state index contributed by atoms with van der Waals surface area (Å²) in [6.45, 7) is 26.4. The molecule has 3 aromatic carbocycles. The highest BCUT2D eigenvalue weighted by atomic mass is 28.3. The monoisotopic (exact) mass is 1040 g/mol. The van der Waals surface area contributed by atoms with Gasteiger partial charge in [-0.2, -0.15) is 0 Å².